The third-order valence-corrected chi connectivity index (χ3v) is 6.43. The molecule has 4 aromatic rings. The summed E-state index contributed by atoms with van der Waals surface area (Å²) in [5.74, 6) is -0.621. The van der Waals surface area contributed by atoms with Crippen molar-refractivity contribution < 1.29 is 18.0 Å². The predicted octanol–water partition coefficient (Wildman–Crippen LogP) is 5.83. The minimum absolute atomic E-state index is 0.0287. The molecular weight excluding hydrogens is 477 g/mol. The number of carbonyl (C=O) groups excluding carboxylic acids is 1. The fourth-order valence-corrected chi connectivity index (χ4v) is 5.22. The van der Waals surface area contributed by atoms with Crippen LogP contribution in [0, 0.1) is 6.92 Å². The van der Waals surface area contributed by atoms with E-state index in [0.29, 0.717) is 10.6 Å². The number of hydrogen-bond donors (Lipinski definition) is 2. The van der Waals surface area contributed by atoms with Gasteiger partial charge in [-0.05, 0) is 31.2 Å². The van der Waals surface area contributed by atoms with Crippen LogP contribution in [-0.4, -0.2) is 15.9 Å². The van der Waals surface area contributed by atoms with Gasteiger partial charge in [-0.1, -0.05) is 27.3 Å². The Bertz CT molecular complexity index is 1250. The minimum atomic E-state index is -4.60. The van der Waals surface area contributed by atoms with E-state index in [-0.39, 0.29) is 26.5 Å². The highest BCUT2D eigenvalue weighted by Gasteiger charge is 2.36. The summed E-state index contributed by atoms with van der Waals surface area (Å²) in [6, 6.07) is 6.41. The van der Waals surface area contributed by atoms with E-state index >= 15 is 0 Å². The van der Waals surface area contributed by atoms with Crippen molar-refractivity contribution >= 4 is 75.8 Å². The third kappa shape index (κ3) is 3.33. The van der Waals surface area contributed by atoms with Crippen molar-refractivity contribution in [1.29, 1.82) is 0 Å². The van der Waals surface area contributed by atoms with Crippen LogP contribution >= 0.6 is 38.6 Å². The summed E-state index contributed by atoms with van der Waals surface area (Å²) in [5, 5.41) is 2.70. The van der Waals surface area contributed by atoms with Crippen LogP contribution in [0.5, 0.6) is 0 Å². The standard InChI is InChI=1S/C17H10BrF3N4OS2/c1-6-4-8(17(19,20)21)11-12(22)13(28-15(11)23-6)14(26)25-16-24-9-3-2-7(18)5-10(9)27-16/h2-5H,22H2,1H3,(H,24,25,26). The van der Waals surface area contributed by atoms with Crippen molar-refractivity contribution in [3.05, 3.63) is 44.9 Å². The first-order valence-corrected chi connectivity index (χ1v) is 10.2. The molecule has 4 rings (SSSR count). The van der Waals surface area contributed by atoms with Gasteiger partial charge in [-0.2, -0.15) is 13.2 Å². The lowest BCUT2D eigenvalue weighted by Crippen LogP contribution is -2.12. The predicted molar refractivity (Wildman–Crippen MR) is 109 cm³/mol. The van der Waals surface area contributed by atoms with E-state index in [0.717, 1.165) is 26.6 Å². The molecule has 3 N–H and O–H groups in total. The second-order valence-corrected chi connectivity index (χ2v) is 8.86. The molecule has 3 heterocycles. The number of nitrogens with zero attached hydrogens (tertiary/aromatic N) is 2. The SMILES string of the molecule is Cc1cc(C(F)(F)F)c2c(N)c(C(=O)Nc3nc4ccc(Br)cc4s3)sc2n1. The summed E-state index contributed by atoms with van der Waals surface area (Å²) >= 11 is 5.44. The number of rotatable bonds is 2. The second kappa shape index (κ2) is 6.68. The van der Waals surface area contributed by atoms with Crippen molar-refractivity contribution in [3.63, 3.8) is 0 Å². The van der Waals surface area contributed by atoms with Gasteiger partial charge in [-0.15, -0.1) is 11.3 Å². The number of thiophene rings is 1. The molecule has 0 radical (unpaired) electrons. The van der Waals surface area contributed by atoms with Crippen molar-refractivity contribution in [3.8, 4) is 0 Å². The number of anilines is 2. The lowest BCUT2D eigenvalue weighted by atomic mass is 10.1. The van der Waals surface area contributed by atoms with E-state index in [1.54, 1.807) is 6.07 Å². The largest absolute Gasteiger partial charge is 0.417 e. The number of hydrogen-bond acceptors (Lipinski definition) is 6. The molecule has 11 heteroatoms. The van der Waals surface area contributed by atoms with Crippen molar-refractivity contribution in [2.45, 2.75) is 13.1 Å². The average Bonchev–Trinajstić information content (AvgIpc) is 3.13. The van der Waals surface area contributed by atoms with Gasteiger partial charge in [0.2, 0.25) is 0 Å². The third-order valence-electron chi connectivity index (χ3n) is 3.91. The molecule has 0 saturated carbocycles. The van der Waals surface area contributed by atoms with Crippen LogP contribution in [0.2, 0.25) is 0 Å². The van der Waals surface area contributed by atoms with E-state index in [1.807, 2.05) is 12.1 Å². The normalized spacial score (nSPS) is 12.0. The Morgan fingerprint density at radius 3 is 2.68 bits per heavy atom. The van der Waals surface area contributed by atoms with Gasteiger partial charge in [0.1, 0.15) is 9.71 Å². The molecule has 0 saturated heterocycles. The van der Waals surface area contributed by atoms with E-state index in [9.17, 15) is 18.0 Å². The highest BCUT2D eigenvalue weighted by Crippen LogP contribution is 2.42. The maximum atomic E-state index is 13.4. The maximum Gasteiger partial charge on any atom is 0.417 e. The monoisotopic (exact) mass is 486 g/mol. The number of benzene rings is 1. The molecular formula is C17H10BrF3N4OS2. The topological polar surface area (TPSA) is 80.9 Å². The molecule has 1 amide bonds. The summed E-state index contributed by atoms with van der Waals surface area (Å²) in [5.41, 5.74) is 5.69. The van der Waals surface area contributed by atoms with Crippen LogP contribution in [0.3, 0.4) is 0 Å². The van der Waals surface area contributed by atoms with Crippen LogP contribution in [0.15, 0.2) is 28.7 Å². The number of amides is 1. The molecule has 0 unspecified atom stereocenters. The first-order valence-electron chi connectivity index (χ1n) is 7.78. The van der Waals surface area contributed by atoms with E-state index in [1.165, 1.54) is 18.3 Å². The zero-order valence-electron chi connectivity index (χ0n) is 14.0. The summed E-state index contributed by atoms with van der Waals surface area (Å²) in [6.45, 7) is 1.46. The van der Waals surface area contributed by atoms with Gasteiger partial charge in [-0.3, -0.25) is 10.1 Å². The molecule has 0 atom stereocenters. The van der Waals surface area contributed by atoms with E-state index in [2.05, 4.69) is 31.2 Å². The lowest BCUT2D eigenvalue weighted by molar-refractivity contribution is -0.136. The fraction of sp³-hybridized carbons (Fsp3) is 0.118. The number of aryl methyl sites for hydroxylation is 1. The highest BCUT2D eigenvalue weighted by molar-refractivity contribution is 9.10. The quantitative estimate of drug-likeness (QED) is 0.373. The van der Waals surface area contributed by atoms with E-state index in [4.69, 9.17) is 5.73 Å². The van der Waals surface area contributed by atoms with Gasteiger partial charge >= 0.3 is 6.18 Å². The number of pyridine rings is 1. The van der Waals surface area contributed by atoms with Crippen LogP contribution < -0.4 is 11.1 Å². The number of carbonyl (C=O) groups is 1. The van der Waals surface area contributed by atoms with E-state index < -0.39 is 17.6 Å². The fourth-order valence-electron chi connectivity index (χ4n) is 2.74. The number of nitrogens with one attached hydrogen (secondary N) is 1. The molecule has 0 aliphatic rings. The zero-order chi connectivity index (χ0) is 20.2. The molecule has 3 aromatic heterocycles. The van der Waals surface area contributed by atoms with Crippen molar-refractivity contribution in [2.75, 3.05) is 11.1 Å². The lowest BCUT2D eigenvalue weighted by Gasteiger charge is -2.09. The molecule has 5 nitrogen and oxygen atoms in total. The number of thiazole rings is 1. The van der Waals surface area contributed by atoms with Crippen LogP contribution in [0.4, 0.5) is 24.0 Å². The van der Waals surface area contributed by atoms with Gasteiger partial charge in [-0.25, -0.2) is 9.97 Å². The van der Waals surface area contributed by atoms with Gasteiger partial charge in [0, 0.05) is 15.6 Å². The first kappa shape index (κ1) is 19.1. The molecule has 1 aromatic carbocycles. The zero-order valence-corrected chi connectivity index (χ0v) is 17.2. The number of nitrogens with two attached hydrogens (primary N) is 1. The van der Waals surface area contributed by atoms with Crippen LogP contribution in [0.25, 0.3) is 20.4 Å². The van der Waals surface area contributed by atoms with Gasteiger partial charge in [0.05, 0.1) is 21.5 Å². The van der Waals surface area contributed by atoms with Crippen LogP contribution in [0.1, 0.15) is 20.9 Å². The molecule has 0 fully saturated rings. The molecule has 28 heavy (non-hydrogen) atoms. The Morgan fingerprint density at radius 1 is 1.21 bits per heavy atom. The number of aromatic nitrogens is 2. The average molecular weight is 487 g/mol. The van der Waals surface area contributed by atoms with Crippen molar-refractivity contribution in [1.82, 2.24) is 9.97 Å². The molecule has 0 aliphatic carbocycles. The summed E-state index contributed by atoms with van der Waals surface area (Å²) in [7, 11) is 0. The summed E-state index contributed by atoms with van der Waals surface area (Å²) < 4.78 is 41.9. The Balaban J connectivity index is 1.75. The molecule has 0 aliphatic heterocycles. The molecule has 0 bridgehead atoms. The Labute approximate surface area is 172 Å². The second-order valence-electron chi connectivity index (χ2n) is 5.92. The number of nitrogen functional groups attached to an aromatic ring is 1. The Kier molecular flexibility index (Phi) is 4.55. The number of halogens is 4. The number of fused-ring (bicyclic) bond motifs is 2. The smallest absolute Gasteiger partial charge is 0.397 e. The highest BCUT2D eigenvalue weighted by atomic mass is 79.9. The minimum Gasteiger partial charge on any atom is -0.397 e. The van der Waals surface area contributed by atoms with Gasteiger partial charge in [0.15, 0.2) is 5.13 Å². The Hall–Kier alpha value is -2.24. The molecule has 0 spiro atoms. The maximum absolute atomic E-state index is 13.4. The van der Waals surface area contributed by atoms with Crippen molar-refractivity contribution in [2.24, 2.45) is 0 Å². The Morgan fingerprint density at radius 2 is 1.96 bits per heavy atom. The molecule has 144 valence electrons. The van der Waals surface area contributed by atoms with Gasteiger partial charge in [0.25, 0.3) is 5.91 Å². The van der Waals surface area contributed by atoms with Gasteiger partial charge < -0.3 is 5.73 Å². The summed E-state index contributed by atoms with van der Waals surface area (Å²) in [4.78, 5) is 21.1. The summed E-state index contributed by atoms with van der Waals surface area (Å²) in [6.07, 6.45) is -4.60. The number of alkyl halides is 3. The van der Waals surface area contributed by atoms with Crippen LogP contribution in [-0.2, 0) is 6.18 Å². The first-order chi connectivity index (χ1) is 13.1.